The molecule has 104 valence electrons. The third-order valence-electron chi connectivity index (χ3n) is 2.77. The molecule has 0 aliphatic heterocycles. The standard InChI is InChI=1S/C14H8FN3O3/c15-8-5-6-11(16-7-8)12-17-13(21-18-12)9-3-1-2-4-10(9)14(19)20/h1-7H,(H,19,20). The van der Waals surface area contributed by atoms with Crippen LogP contribution in [0, 0.1) is 5.82 Å². The van der Waals surface area contributed by atoms with E-state index in [1.165, 1.54) is 18.2 Å². The fourth-order valence-corrected chi connectivity index (χ4v) is 1.80. The first kappa shape index (κ1) is 12.9. The molecule has 21 heavy (non-hydrogen) atoms. The molecule has 3 aromatic rings. The lowest BCUT2D eigenvalue weighted by Crippen LogP contribution is -1.99. The first-order valence-electron chi connectivity index (χ1n) is 5.93. The van der Waals surface area contributed by atoms with Gasteiger partial charge in [0.15, 0.2) is 0 Å². The highest BCUT2D eigenvalue weighted by molar-refractivity contribution is 5.94. The molecule has 3 rings (SSSR count). The van der Waals surface area contributed by atoms with Crippen molar-refractivity contribution in [1.82, 2.24) is 15.1 Å². The van der Waals surface area contributed by atoms with E-state index in [0.717, 1.165) is 6.20 Å². The van der Waals surface area contributed by atoms with Gasteiger partial charge < -0.3 is 9.63 Å². The minimum absolute atomic E-state index is 0.0553. The normalized spacial score (nSPS) is 10.5. The number of nitrogens with zero attached hydrogens (tertiary/aromatic N) is 3. The second-order valence-electron chi connectivity index (χ2n) is 4.14. The highest BCUT2D eigenvalue weighted by Gasteiger charge is 2.17. The Bertz CT molecular complexity index is 799. The second kappa shape index (κ2) is 5.12. The summed E-state index contributed by atoms with van der Waals surface area (Å²) in [7, 11) is 0. The van der Waals surface area contributed by atoms with Crippen LogP contribution in [0.5, 0.6) is 0 Å². The zero-order valence-electron chi connectivity index (χ0n) is 10.5. The number of hydrogen-bond acceptors (Lipinski definition) is 5. The van der Waals surface area contributed by atoms with Crippen LogP contribution >= 0.6 is 0 Å². The molecule has 1 aromatic carbocycles. The summed E-state index contributed by atoms with van der Waals surface area (Å²) in [6.07, 6.45) is 1.04. The molecule has 0 saturated carbocycles. The lowest BCUT2D eigenvalue weighted by molar-refractivity contribution is 0.0697. The molecule has 2 heterocycles. The molecule has 0 aliphatic rings. The Morgan fingerprint density at radius 3 is 2.71 bits per heavy atom. The number of aromatic carboxylic acids is 1. The van der Waals surface area contributed by atoms with Gasteiger partial charge in [-0.3, -0.25) is 0 Å². The van der Waals surface area contributed by atoms with Crippen molar-refractivity contribution < 1.29 is 18.8 Å². The van der Waals surface area contributed by atoms with Crippen LogP contribution in [-0.4, -0.2) is 26.2 Å². The lowest BCUT2D eigenvalue weighted by Gasteiger charge is -1.99. The maximum atomic E-state index is 12.8. The molecule has 0 amide bonds. The van der Waals surface area contributed by atoms with Crippen molar-refractivity contribution in [3.05, 3.63) is 54.0 Å². The van der Waals surface area contributed by atoms with Crippen LogP contribution in [0.1, 0.15) is 10.4 Å². The van der Waals surface area contributed by atoms with Gasteiger partial charge in [0.2, 0.25) is 5.82 Å². The predicted molar refractivity (Wildman–Crippen MR) is 69.9 cm³/mol. The summed E-state index contributed by atoms with van der Waals surface area (Å²) in [5.74, 6) is -1.34. The van der Waals surface area contributed by atoms with E-state index in [9.17, 15) is 9.18 Å². The van der Waals surface area contributed by atoms with Crippen molar-refractivity contribution in [3.63, 3.8) is 0 Å². The molecule has 7 heteroatoms. The first-order valence-corrected chi connectivity index (χ1v) is 5.93. The largest absolute Gasteiger partial charge is 0.478 e. The topological polar surface area (TPSA) is 89.1 Å². The van der Waals surface area contributed by atoms with Crippen LogP contribution < -0.4 is 0 Å². The minimum atomic E-state index is -1.09. The Morgan fingerprint density at radius 1 is 1.19 bits per heavy atom. The fourth-order valence-electron chi connectivity index (χ4n) is 1.80. The Balaban J connectivity index is 2.03. The van der Waals surface area contributed by atoms with Gasteiger partial charge in [-0.05, 0) is 24.3 Å². The van der Waals surface area contributed by atoms with Gasteiger partial charge in [-0.15, -0.1) is 0 Å². The predicted octanol–water partition coefficient (Wildman–Crippen LogP) is 2.64. The summed E-state index contributed by atoms with van der Waals surface area (Å²) >= 11 is 0. The highest BCUT2D eigenvalue weighted by atomic mass is 19.1. The molecule has 0 aliphatic carbocycles. The van der Waals surface area contributed by atoms with E-state index in [4.69, 9.17) is 9.63 Å². The van der Waals surface area contributed by atoms with E-state index in [1.54, 1.807) is 18.2 Å². The third-order valence-corrected chi connectivity index (χ3v) is 2.77. The van der Waals surface area contributed by atoms with Crippen LogP contribution in [0.25, 0.3) is 23.0 Å². The summed E-state index contributed by atoms with van der Waals surface area (Å²) in [5.41, 5.74) is 0.699. The molecule has 0 atom stereocenters. The van der Waals surface area contributed by atoms with Gasteiger partial charge in [-0.25, -0.2) is 14.2 Å². The van der Waals surface area contributed by atoms with Crippen LogP contribution in [0.3, 0.4) is 0 Å². The number of carboxylic acid groups (broad SMARTS) is 1. The number of hydrogen-bond donors (Lipinski definition) is 1. The molecular weight excluding hydrogens is 277 g/mol. The first-order chi connectivity index (χ1) is 10.1. The molecule has 0 fully saturated rings. The molecule has 2 aromatic heterocycles. The number of halogens is 1. The Morgan fingerprint density at radius 2 is 2.00 bits per heavy atom. The van der Waals surface area contributed by atoms with Crippen molar-refractivity contribution in [1.29, 1.82) is 0 Å². The third kappa shape index (κ3) is 2.48. The van der Waals surface area contributed by atoms with Crippen molar-refractivity contribution in [2.75, 3.05) is 0 Å². The van der Waals surface area contributed by atoms with Crippen LogP contribution in [-0.2, 0) is 0 Å². The molecule has 0 radical (unpaired) electrons. The van der Waals surface area contributed by atoms with Crippen molar-refractivity contribution in [2.24, 2.45) is 0 Å². The van der Waals surface area contributed by atoms with Crippen LogP contribution in [0.2, 0.25) is 0 Å². The molecule has 0 bridgehead atoms. The van der Waals surface area contributed by atoms with Gasteiger partial charge >= 0.3 is 5.97 Å². The minimum Gasteiger partial charge on any atom is -0.478 e. The maximum Gasteiger partial charge on any atom is 0.336 e. The van der Waals surface area contributed by atoms with Gasteiger partial charge in [0, 0.05) is 0 Å². The average molecular weight is 285 g/mol. The summed E-state index contributed by atoms with van der Waals surface area (Å²) in [6, 6.07) is 8.92. The zero-order valence-corrected chi connectivity index (χ0v) is 10.5. The number of carboxylic acids is 1. The van der Waals surface area contributed by atoms with Gasteiger partial charge in [-0.1, -0.05) is 17.3 Å². The Labute approximate surface area is 117 Å². The highest BCUT2D eigenvalue weighted by Crippen LogP contribution is 2.24. The van der Waals surface area contributed by atoms with Gasteiger partial charge in [0.05, 0.1) is 17.3 Å². The molecule has 0 spiro atoms. The second-order valence-corrected chi connectivity index (χ2v) is 4.14. The number of benzene rings is 1. The fraction of sp³-hybridized carbons (Fsp3) is 0. The van der Waals surface area contributed by atoms with Crippen LogP contribution in [0.4, 0.5) is 4.39 Å². The van der Waals surface area contributed by atoms with E-state index in [2.05, 4.69) is 15.1 Å². The van der Waals surface area contributed by atoms with E-state index < -0.39 is 11.8 Å². The zero-order chi connectivity index (χ0) is 14.8. The van der Waals surface area contributed by atoms with Gasteiger partial charge in [0.25, 0.3) is 5.89 Å². The number of pyridine rings is 1. The van der Waals surface area contributed by atoms with E-state index in [-0.39, 0.29) is 17.3 Å². The van der Waals surface area contributed by atoms with E-state index in [0.29, 0.717) is 11.3 Å². The molecule has 0 saturated heterocycles. The monoisotopic (exact) mass is 285 g/mol. The van der Waals surface area contributed by atoms with Crippen LogP contribution in [0.15, 0.2) is 47.1 Å². The van der Waals surface area contributed by atoms with Crippen molar-refractivity contribution in [3.8, 4) is 23.0 Å². The smallest absolute Gasteiger partial charge is 0.336 e. The average Bonchev–Trinajstić information content (AvgIpc) is 2.97. The quantitative estimate of drug-likeness (QED) is 0.795. The summed E-state index contributed by atoms with van der Waals surface area (Å²) in [4.78, 5) is 19.1. The molecule has 6 nitrogen and oxygen atoms in total. The van der Waals surface area contributed by atoms with Crippen molar-refractivity contribution in [2.45, 2.75) is 0 Å². The molecule has 1 N–H and O–H groups in total. The Kier molecular flexibility index (Phi) is 3.15. The number of carbonyl (C=O) groups is 1. The Hall–Kier alpha value is -3.09. The lowest BCUT2D eigenvalue weighted by atomic mass is 10.1. The van der Waals surface area contributed by atoms with E-state index in [1.807, 2.05) is 0 Å². The van der Waals surface area contributed by atoms with E-state index >= 15 is 0 Å². The van der Waals surface area contributed by atoms with Gasteiger partial charge in [-0.2, -0.15) is 4.98 Å². The number of rotatable bonds is 3. The number of aromatic nitrogens is 3. The van der Waals surface area contributed by atoms with Crippen molar-refractivity contribution >= 4 is 5.97 Å². The van der Waals surface area contributed by atoms with Gasteiger partial charge in [0.1, 0.15) is 11.5 Å². The summed E-state index contributed by atoms with van der Waals surface area (Å²) < 4.78 is 17.9. The summed E-state index contributed by atoms with van der Waals surface area (Å²) in [6.45, 7) is 0. The molecular formula is C14H8FN3O3. The SMILES string of the molecule is O=C(O)c1ccccc1-c1nc(-c2ccc(F)cn2)no1. The molecule has 0 unspecified atom stereocenters. The maximum absolute atomic E-state index is 12.8. The summed E-state index contributed by atoms with van der Waals surface area (Å²) in [5, 5.41) is 12.9.